The van der Waals surface area contributed by atoms with Crippen molar-refractivity contribution in [2.24, 2.45) is 5.73 Å². The van der Waals surface area contributed by atoms with Crippen molar-refractivity contribution >= 4 is 32.9 Å². The first-order valence-electron chi connectivity index (χ1n) is 4.26. The number of hydrogen-bond donors (Lipinski definition) is 2. The topological polar surface area (TPSA) is 76.5 Å². The van der Waals surface area contributed by atoms with E-state index in [1.165, 1.54) is 0 Å². The lowest BCUT2D eigenvalue weighted by atomic mass is 10.2. The number of rotatable bonds is 2. The number of carboxylic acid groups (broad SMARTS) is 1. The van der Waals surface area contributed by atoms with Crippen molar-refractivity contribution < 1.29 is 14.3 Å². The number of nitrogens with two attached hydrogens (primary N) is 1. The highest BCUT2D eigenvalue weighted by atomic mass is 79.9. The lowest BCUT2D eigenvalue weighted by molar-refractivity contribution is -0.139. The quantitative estimate of drug-likeness (QED) is 0.877. The van der Waals surface area contributed by atoms with Crippen LogP contribution < -0.4 is 5.73 Å². The van der Waals surface area contributed by atoms with Crippen molar-refractivity contribution in [2.75, 3.05) is 0 Å². The van der Waals surface area contributed by atoms with Crippen LogP contribution in [0.4, 0.5) is 0 Å². The molecule has 0 bridgehead atoms. The molecule has 0 aliphatic rings. The standard InChI is InChI=1S/C10H8BrNO3/c11-6-2-1-3-7-5(6)4-8(15-7)9(12)10(13)14/h1-4,9H,12H2,(H,13,14). The molecule has 0 amide bonds. The second kappa shape index (κ2) is 3.67. The van der Waals surface area contributed by atoms with Gasteiger partial charge in [-0.3, -0.25) is 4.79 Å². The summed E-state index contributed by atoms with van der Waals surface area (Å²) in [7, 11) is 0. The maximum Gasteiger partial charge on any atom is 0.328 e. The summed E-state index contributed by atoms with van der Waals surface area (Å²) in [6, 6.07) is 5.94. The number of halogens is 1. The molecule has 1 atom stereocenters. The van der Waals surface area contributed by atoms with Gasteiger partial charge in [-0.25, -0.2) is 0 Å². The van der Waals surface area contributed by atoms with Crippen LogP contribution in [0.3, 0.4) is 0 Å². The molecule has 0 radical (unpaired) electrons. The Morgan fingerprint density at radius 3 is 2.87 bits per heavy atom. The van der Waals surface area contributed by atoms with E-state index in [1.807, 2.05) is 12.1 Å². The highest BCUT2D eigenvalue weighted by Gasteiger charge is 2.19. The van der Waals surface area contributed by atoms with Crippen molar-refractivity contribution in [3.8, 4) is 0 Å². The van der Waals surface area contributed by atoms with Gasteiger partial charge in [-0.2, -0.15) is 0 Å². The van der Waals surface area contributed by atoms with Gasteiger partial charge in [0, 0.05) is 9.86 Å². The molecule has 15 heavy (non-hydrogen) atoms. The maximum absolute atomic E-state index is 10.7. The summed E-state index contributed by atoms with van der Waals surface area (Å²) in [6.45, 7) is 0. The minimum absolute atomic E-state index is 0.254. The predicted octanol–water partition coefficient (Wildman–Crippen LogP) is 2.28. The van der Waals surface area contributed by atoms with E-state index in [0.717, 1.165) is 9.86 Å². The van der Waals surface area contributed by atoms with E-state index in [4.69, 9.17) is 15.3 Å². The second-order valence-electron chi connectivity index (χ2n) is 3.12. The molecule has 0 aliphatic heterocycles. The number of hydrogen-bond acceptors (Lipinski definition) is 3. The van der Waals surface area contributed by atoms with Crippen molar-refractivity contribution in [3.05, 3.63) is 34.5 Å². The van der Waals surface area contributed by atoms with E-state index in [-0.39, 0.29) is 5.76 Å². The van der Waals surface area contributed by atoms with Crippen molar-refractivity contribution in [1.29, 1.82) is 0 Å². The zero-order valence-electron chi connectivity index (χ0n) is 7.61. The Hall–Kier alpha value is -1.33. The van der Waals surface area contributed by atoms with Gasteiger partial charge in [0.1, 0.15) is 11.3 Å². The van der Waals surface area contributed by atoms with E-state index in [0.29, 0.717) is 5.58 Å². The minimum Gasteiger partial charge on any atom is -0.480 e. The molecule has 5 heteroatoms. The molecule has 0 fully saturated rings. The minimum atomic E-state index is -1.12. The molecule has 0 aliphatic carbocycles. The number of benzene rings is 1. The van der Waals surface area contributed by atoms with Crippen LogP contribution in [0.1, 0.15) is 11.8 Å². The summed E-state index contributed by atoms with van der Waals surface area (Å²) in [5.74, 6) is -0.852. The summed E-state index contributed by atoms with van der Waals surface area (Å²) in [4.78, 5) is 10.7. The third-order valence-electron chi connectivity index (χ3n) is 2.10. The lowest BCUT2D eigenvalue weighted by Gasteiger charge is -1.99. The number of fused-ring (bicyclic) bond motifs is 1. The molecule has 1 heterocycles. The number of carboxylic acids is 1. The smallest absolute Gasteiger partial charge is 0.328 e. The molecular formula is C10H8BrNO3. The zero-order valence-corrected chi connectivity index (χ0v) is 9.19. The van der Waals surface area contributed by atoms with Gasteiger partial charge in [-0.15, -0.1) is 0 Å². The van der Waals surface area contributed by atoms with Crippen LogP contribution in [0.2, 0.25) is 0 Å². The number of furan rings is 1. The van der Waals surface area contributed by atoms with Gasteiger partial charge in [-0.1, -0.05) is 22.0 Å². The van der Waals surface area contributed by atoms with E-state index >= 15 is 0 Å². The van der Waals surface area contributed by atoms with E-state index < -0.39 is 12.0 Å². The van der Waals surface area contributed by atoms with Crippen LogP contribution in [0.5, 0.6) is 0 Å². The Morgan fingerprint density at radius 1 is 1.53 bits per heavy atom. The van der Waals surface area contributed by atoms with Crippen LogP contribution in [-0.2, 0) is 4.79 Å². The van der Waals surface area contributed by atoms with Gasteiger partial charge in [0.25, 0.3) is 0 Å². The zero-order chi connectivity index (χ0) is 11.0. The maximum atomic E-state index is 10.7. The van der Waals surface area contributed by atoms with Crippen LogP contribution >= 0.6 is 15.9 Å². The Morgan fingerprint density at radius 2 is 2.27 bits per heavy atom. The molecule has 0 spiro atoms. The Balaban J connectivity index is 2.56. The van der Waals surface area contributed by atoms with Crippen LogP contribution in [0, 0.1) is 0 Å². The summed E-state index contributed by atoms with van der Waals surface area (Å²) in [6.07, 6.45) is 0. The molecule has 4 nitrogen and oxygen atoms in total. The molecule has 2 rings (SSSR count). The van der Waals surface area contributed by atoms with Crippen molar-refractivity contribution in [1.82, 2.24) is 0 Å². The number of aliphatic carboxylic acids is 1. The number of carbonyl (C=O) groups is 1. The average molecular weight is 270 g/mol. The first-order valence-corrected chi connectivity index (χ1v) is 5.05. The normalized spacial score (nSPS) is 12.9. The van der Waals surface area contributed by atoms with Gasteiger partial charge < -0.3 is 15.3 Å². The van der Waals surface area contributed by atoms with Crippen LogP contribution in [0.15, 0.2) is 33.2 Å². The molecule has 78 valence electrons. The van der Waals surface area contributed by atoms with E-state index in [1.54, 1.807) is 12.1 Å². The molecule has 1 unspecified atom stereocenters. The summed E-state index contributed by atoms with van der Waals surface area (Å²) >= 11 is 3.35. The van der Waals surface area contributed by atoms with Gasteiger partial charge in [0.05, 0.1) is 0 Å². The third kappa shape index (κ3) is 1.75. The SMILES string of the molecule is NC(C(=O)O)c1cc2c(Br)cccc2o1. The molecule has 0 saturated carbocycles. The average Bonchev–Trinajstić information content (AvgIpc) is 2.61. The lowest BCUT2D eigenvalue weighted by Crippen LogP contribution is -2.19. The van der Waals surface area contributed by atoms with Crippen LogP contribution in [0.25, 0.3) is 11.0 Å². The Kier molecular flexibility index (Phi) is 2.50. The fourth-order valence-corrected chi connectivity index (χ4v) is 1.78. The summed E-state index contributed by atoms with van der Waals surface area (Å²) in [5.41, 5.74) is 6.06. The largest absolute Gasteiger partial charge is 0.480 e. The Labute approximate surface area is 93.8 Å². The third-order valence-corrected chi connectivity index (χ3v) is 2.79. The van der Waals surface area contributed by atoms with Gasteiger partial charge >= 0.3 is 5.97 Å². The summed E-state index contributed by atoms with van der Waals surface area (Å²) < 4.78 is 6.19. The van der Waals surface area contributed by atoms with Crippen LogP contribution in [-0.4, -0.2) is 11.1 Å². The molecule has 2 aromatic rings. The molecule has 1 aromatic heterocycles. The molecule has 3 N–H and O–H groups in total. The van der Waals surface area contributed by atoms with Gasteiger partial charge in [-0.05, 0) is 18.2 Å². The van der Waals surface area contributed by atoms with Crippen molar-refractivity contribution in [2.45, 2.75) is 6.04 Å². The van der Waals surface area contributed by atoms with Gasteiger partial charge in [0.15, 0.2) is 6.04 Å². The monoisotopic (exact) mass is 269 g/mol. The van der Waals surface area contributed by atoms with E-state index in [9.17, 15) is 4.79 Å². The van der Waals surface area contributed by atoms with Crippen molar-refractivity contribution in [3.63, 3.8) is 0 Å². The predicted molar refractivity (Wildman–Crippen MR) is 58.5 cm³/mol. The second-order valence-corrected chi connectivity index (χ2v) is 3.97. The highest BCUT2D eigenvalue weighted by molar-refractivity contribution is 9.10. The first kappa shape index (κ1) is 10.2. The first-order chi connectivity index (χ1) is 7.09. The Bertz CT molecular complexity index is 520. The molecule has 1 aromatic carbocycles. The molecular weight excluding hydrogens is 262 g/mol. The summed E-state index contributed by atoms with van der Waals surface area (Å²) in [5, 5.41) is 9.56. The highest BCUT2D eigenvalue weighted by Crippen LogP contribution is 2.28. The fourth-order valence-electron chi connectivity index (χ4n) is 1.32. The van der Waals surface area contributed by atoms with Gasteiger partial charge in [0.2, 0.25) is 0 Å². The fraction of sp³-hybridized carbons (Fsp3) is 0.100. The molecule has 0 saturated heterocycles. The van der Waals surface area contributed by atoms with E-state index in [2.05, 4.69) is 15.9 Å².